The molecule has 8 heteroatoms. The number of hydrogen-bond acceptors (Lipinski definition) is 6. The standard InChI is InChI=1S/C29H38FN3O4/c30-22-9-10-24(26-8-2-4-15-37-26)25(17-22)27(29(34)35)33-13-11-23(19-33)36-14-3-1-6-20-16-21-7-5-12-31-28(21)32-18-20/h9-10,16-18,23,26-27H,1-8,11-15,19H2,(H,31,32)(H,34,35)/t23-,26?,27+/m1/s1. The lowest BCUT2D eigenvalue weighted by Crippen LogP contribution is -2.34. The fraction of sp³-hybridized carbons (Fsp3) is 0.586. The van der Waals surface area contributed by atoms with E-state index in [-0.39, 0.29) is 12.2 Å². The van der Waals surface area contributed by atoms with Crippen LogP contribution in [-0.4, -0.2) is 59.9 Å². The lowest BCUT2D eigenvalue weighted by molar-refractivity contribution is -0.143. The minimum absolute atomic E-state index is 0.0127. The molecule has 5 rings (SSSR count). The zero-order chi connectivity index (χ0) is 25.6. The highest BCUT2D eigenvalue weighted by Crippen LogP contribution is 2.36. The van der Waals surface area contributed by atoms with Gasteiger partial charge in [-0.1, -0.05) is 12.1 Å². The molecule has 200 valence electrons. The summed E-state index contributed by atoms with van der Waals surface area (Å²) in [5.74, 6) is -0.351. The molecule has 37 heavy (non-hydrogen) atoms. The highest BCUT2D eigenvalue weighted by atomic mass is 19.1. The Morgan fingerprint density at radius 2 is 2.16 bits per heavy atom. The maximum atomic E-state index is 14.3. The number of unbranched alkanes of at least 4 members (excludes halogenated alkanes) is 1. The Morgan fingerprint density at radius 3 is 3.00 bits per heavy atom. The summed E-state index contributed by atoms with van der Waals surface area (Å²) in [4.78, 5) is 18.9. The van der Waals surface area contributed by atoms with E-state index in [9.17, 15) is 14.3 Å². The zero-order valence-corrected chi connectivity index (χ0v) is 21.5. The van der Waals surface area contributed by atoms with E-state index in [2.05, 4.69) is 16.4 Å². The molecule has 0 bridgehead atoms. The Labute approximate surface area is 218 Å². The number of carboxylic acids is 1. The number of nitrogens with zero attached hydrogens (tertiary/aromatic N) is 2. The summed E-state index contributed by atoms with van der Waals surface area (Å²) in [6.07, 6.45) is 10.6. The molecule has 3 aliphatic rings. The fourth-order valence-corrected chi connectivity index (χ4v) is 5.89. The number of benzene rings is 1. The minimum atomic E-state index is -0.961. The smallest absolute Gasteiger partial charge is 0.325 e. The van der Waals surface area contributed by atoms with Gasteiger partial charge in [0.2, 0.25) is 0 Å². The molecule has 2 fully saturated rings. The number of likely N-dealkylation sites (tertiary alicyclic amines) is 1. The van der Waals surface area contributed by atoms with E-state index in [4.69, 9.17) is 9.47 Å². The third-order valence-electron chi connectivity index (χ3n) is 7.80. The van der Waals surface area contributed by atoms with Crippen molar-refractivity contribution in [3.05, 3.63) is 58.5 Å². The van der Waals surface area contributed by atoms with Gasteiger partial charge in [-0.05, 0) is 92.2 Å². The van der Waals surface area contributed by atoms with Crippen LogP contribution in [0.5, 0.6) is 0 Å². The molecular formula is C29H38FN3O4. The van der Waals surface area contributed by atoms with E-state index in [1.54, 1.807) is 6.07 Å². The molecule has 0 aliphatic carbocycles. The van der Waals surface area contributed by atoms with Crippen molar-refractivity contribution < 1.29 is 23.8 Å². The van der Waals surface area contributed by atoms with Gasteiger partial charge in [0.1, 0.15) is 17.7 Å². The largest absolute Gasteiger partial charge is 0.480 e. The van der Waals surface area contributed by atoms with Crippen molar-refractivity contribution in [2.45, 2.75) is 76.0 Å². The van der Waals surface area contributed by atoms with E-state index < -0.39 is 17.8 Å². The van der Waals surface area contributed by atoms with Crippen molar-refractivity contribution >= 4 is 11.8 Å². The van der Waals surface area contributed by atoms with Gasteiger partial charge in [0.25, 0.3) is 0 Å². The van der Waals surface area contributed by atoms with Crippen molar-refractivity contribution in [1.29, 1.82) is 0 Å². The van der Waals surface area contributed by atoms with Gasteiger partial charge in [-0.2, -0.15) is 0 Å². The minimum Gasteiger partial charge on any atom is -0.480 e. The predicted molar refractivity (Wildman–Crippen MR) is 139 cm³/mol. The van der Waals surface area contributed by atoms with Crippen LogP contribution in [0.1, 0.15) is 79.3 Å². The van der Waals surface area contributed by atoms with Crippen molar-refractivity contribution in [3.8, 4) is 0 Å². The molecule has 2 N–H and O–H groups in total. The van der Waals surface area contributed by atoms with Gasteiger partial charge < -0.3 is 19.9 Å². The fourth-order valence-electron chi connectivity index (χ4n) is 5.89. The molecule has 3 aliphatic heterocycles. The summed E-state index contributed by atoms with van der Waals surface area (Å²) in [6, 6.07) is 5.86. The zero-order valence-electron chi connectivity index (χ0n) is 21.5. The number of fused-ring (bicyclic) bond motifs is 1. The lowest BCUT2D eigenvalue weighted by atomic mass is 9.92. The highest BCUT2D eigenvalue weighted by molar-refractivity contribution is 5.76. The molecule has 2 saturated heterocycles. The molecule has 7 nitrogen and oxygen atoms in total. The molecule has 0 radical (unpaired) electrons. The Bertz CT molecular complexity index is 1080. The summed E-state index contributed by atoms with van der Waals surface area (Å²) in [7, 11) is 0. The number of ether oxygens (including phenoxy) is 2. The van der Waals surface area contributed by atoms with Crippen LogP contribution in [0.2, 0.25) is 0 Å². The van der Waals surface area contributed by atoms with Gasteiger partial charge in [-0.15, -0.1) is 0 Å². The van der Waals surface area contributed by atoms with E-state index >= 15 is 0 Å². The van der Waals surface area contributed by atoms with Crippen LogP contribution in [0, 0.1) is 5.82 Å². The number of aromatic nitrogens is 1. The molecule has 4 heterocycles. The Kier molecular flexibility index (Phi) is 8.69. The number of pyridine rings is 1. The maximum absolute atomic E-state index is 14.3. The van der Waals surface area contributed by atoms with Crippen molar-refractivity contribution in [3.63, 3.8) is 0 Å². The number of carboxylic acid groups (broad SMARTS) is 1. The summed E-state index contributed by atoms with van der Waals surface area (Å²) < 4.78 is 26.3. The quantitative estimate of drug-likeness (QED) is 0.432. The normalized spacial score (nSPS) is 22.8. The van der Waals surface area contributed by atoms with Crippen molar-refractivity contribution in [2.75, 3.05) is 38.2 Å². The Morgan fingerprint density at radius 1 is 1.24 bits per heavy atom. The monoisotopic (exact) mass is 511 g/mol. The van der Waals surface area contributed by atoms with Gasteiger partial charge in [-0.25, -0.2) is 9.37 Å². The van der Waals surface area contributed by atoms with Crippen LogP contribution in [0.25, 0.3) is 0 Å². The first-order chi connectivity index (χ1) is 18.1. The number of carbonyl (C=O) groups is 1. The average molecular weight is 512 g/mol. The Hall–Kier alpha value is -2.55. The summed E-state index contributed by atoms with van der Waals surface area (Å²) >= 11 is 0. The number of halogens is 1. The van der Waals surface area contributed by atoms with Crippen LogP contribution < -0.4 is 5.32 Å². The van der Waals surface area contributed by atoms with Crippen LogP contribution in [0.15, 0.2) is 30.5 Å². The summed E-state index contributed by atoms with van der Waals surface area (Å²) in [6.45, 7) is 3.44. The summed E-state index contributed by atoms with van der Waals surface area (Å²) in [5.41, 5.74) is 3.89. The van der Waals surface area contributed by atoms with Gasteiger partial charge in [0, 0.05) is 39.0 Å². The highest BCUT2D eigenvalue weighted by Gasteiger charge is 2.36. The van der Waals surface area contributed by atoms with Crippen LogP contribution in [0.3, 0.4) is 0 Å². The van der Waals surface area contributed by atoms with Gasteiger partial charge >= 0.3 is 5.97 Å². The maximum Gasteiger partial charge on any atom is 0.325 e. The average Bonchev–Trinajstić information content (AvgIpc) is 3.37. The third-order valence-corrected chi connectivity index (χ3v) is 7.80. The third kappa shape index (κ3) is 6.48. The first-order valence-corrected chi connectivity index (χ1v) is 13.8. The SMILES string of the molecule is O=C(O)[C@H](c1cc(F)ccc1C1CCCCO1)N1CC[C@@H](OCCCCc2cnc3c(c2)CCCN3)C1. The molecule has 0 spiro atoms. The van der Waals surface area contributed by atoms with Crippen molar-refractivity contribution in [2.24, 2.45) is 0 Å². The van der Waals surface area contributed by atoms with Crippen LogP contribution in [0.4, 0.5) is 10.2 Å². The van der Waals surface area contributed by atoms with Crippen LogP contribution >= 0.6 is 0 Å². The van der Waals surface area contributed by atoms with E-state index in [1.807, 2.05) is 11.1 Å². The lowest BCUT2D eigenvalue weighted by Gasteiger charge is -2.30. The second-order valence-electron chi connectivity index (χ2n) is 10.5. The molecule has 1 unspecified atom stereocenters. The van der Waals surface area contributed by atoms with Gasteiger partial charge in [0.05, 0.1) is 12.2 Å². The number of aryl methyl sites for hydroxylation is 2. The Balaban J connectivity index is 1.13. The molecule has 0 saturated carbocycles. The number of rotatable bonds is 10. The second kappa shape index (κ2) is 12.3. The van der Waals surface area contributed by atoms with Crippen LogP contribution in [-0.2, 0) is 27.1 Å². The predicted octanol–water partition coefficient (Wildman–Crippen LogP) is 5.06. The van der Waals surface area contributed by atoms with Gasteiger partial charge in [-0.3, -0.25) is 9.69 Å². The molecule has 1 aromatic carbocycles. The number of aliphatic carboxylic acids is 1. The molecule has 3 atom stereocenters. The molecule has 1 aromatic heterocycles. The number of nitrogens with one attached hydrogen (secondary N) is 1. The first kappa shape index (κ1) is 26.1. The van der Waals surface area contributed by atoms with E-state index in [0.29, 0.717) is 31.9 Å². The first-order valence-electron chi connectivity index (χ1n) is 13.8. The van der Waals surface area contributed by atoms with E-state index in [1.165, 1.54) is 23.3 Å². The topological polar surface area (TPSA) is 83.9 Å². The summed E-state index contributed by atoms with van der Waals surface area (Å²) in [5, 5.41) is 13.5. The van der Waals surface area contributed by atoms with Gasteiger partial charge in [0.15, 0.2) is 0 Å². The molecular weight excluding hydrogens is 473 g/mol. The molecule has 2 aromatic rings. The number of hydrogen-bond donors (Lipinski definition) is 2. The second-order valence-corrected chi connectivity index (χ2v) is 10.5. The van der Waals surface area contributed by atoms with Crippen molar-refractivity contribution in [1.82, 2.24) is 9.88 Å². The number of anilines is 1. The van der Waals surface area contributed by atoms with E-state index in [0.717, 1.165) is 75.7 Å². The molecule has 0 amide bonds.